The van der Waals surface area contributed by atoms with Crippen molar-refractivity contribution in [3.05, 3.63) is 182 Å². The fourth-order valence-electron chi connectivity index (χ4n) is 9.13. The fourth-order valence-corrected chi connectivity index (χ4v) is 9.13. The van der Waals surface area contributed by atoms with E-state index in [0.29, 0.717) is 0 Å². The SMILES string of the molecule is c1ccc2cc(-c3ccc(-c4cc(-c5ccc6ccc7cccc8ccc5c6c78)c5c(c4)oc4c6ccccc6ccc45)c4ccccc34)ccc2c1. The average Bonchev–Trinajstić information content (AvgIpc) is 3.61. The summed E-state index contributed by atoms with van der Waals surface area (Å²) >= 11 is 0. The molecule has 0 aliphatic rings. The molecule has 0 saturated carbocycles. The van der Waals surface area contributed by atoms with Crippen LogP contribution in [0.2, 0.25) is 0 Å². The molecule has 1 heteroatoms. The number of furan rings is 1. The molecular formula is C52H30O. The van der Waals surface area contributed by atoms with Gasteiger partial charge in [0, 0.05) is 16.2 Å². The molecule has 0 amide bonds. The zero-order valence-electron chi connectivity index (χ0n) is 28.7. The quantitative estimate of drug-likeness (QED) is 0.171. The van der Waals surface area contributed by atoms with Gasteiger partial charge in [-0.1, -0.05) is 158 Å². The maximum atomic E-state index is 6.96. The van der Waals surface area contributed by atoms with Crippen molar-refractivity contribution in [3.8, 4) is 33.4 Å². The van der Waals surface area contributed by atoms with Crippen molar-refractivity contribution in [2.24, 2.45) is 0 Å². The average molecular weight is 671 g/mol. The molecule has 0 unspecified atom stereocenters. The van der Waals surface area contributed by atoms with Crippen LogP contribution in [-0.4, -0.2) is 0 Å². The molecule has 1 aromatic heterocycles. The van der Waals surface area contributed by atoms with Gasteiger partial charge in [-0.2, -0.15) is 0 Å². The number of benzene rings is 11. The minimum atomic E-state index is 0.900. The lowest BCUT2D eigenvalue weighted by Crippen LogP contribution is -1.90. The number of hydrogen-bond donors (Lipinski definition) is 0. The Balaban J connectivity index is 1.17. The second-order valence-electron chi connectivity index (χ2n) is 14.4. The first-order valence-electron chi connectivity index (χ1n) is 18.3. The molecule has 0 spiro atoms. The molecule has 1 heterocycles. The fraction of sp³-hybridized carbons (Fsp3) is 0. The van der Waals surface area contributed by atoms with E-state index in [4.69, 9.17) is 4.42 Å². The Bertz CT molecular complexity index is 3440. The van der Waals surface area contributed by atoms with E-state index in [9.17, 15) is 0 Å². The van der Waals surface area contributed by atoms with Crippen molar-refractivity contribution >= 4 is 86.6 Å². The van der Waals surface area contributed by atoms with Crippen LogP contribution in [0.15, 0.2) is 186 Å². The normalized spacial score (nSPS) is 12.2. The van der Waals surface area contributed by atoms with Gasteiger partial charge in [0.2, 0.25) is 0 Å². The van der Waals surface area contributed by atoms with E-state index in [0.717, 1.165) is 32.9 Å². The summed E-state index contributed by atoms with van der Waals surface area (Å²) in [5, 5.41) is 17.3. The lowest BCUT2D eigenvalue weighted by atomic mass is 9.86. The van der Waals surface area contributed by atoms with Crippen molar-refractivity contribution < 1.29 is 4.42 Å². The molecule has 244 valence electrons. The predicted octanol–water partition coefficient (Wildman–Crippen LogP) is 14.9. The zero-order chi connectivity index (χ0) is 34.6. The Morgan fingerprint density at radius 1 is 0.264 bits per heavy atom. The van der Waals surface area contributed by atoms with Crippen LogP contribution in [0.5, 0.6) is 0 Å². The van der Waals surface area contributed by atoms with Crippen LogP contribution in [0, 0.1) is 0 Å². The summed E-state index contributed by atoms with van der Waals surface area (Å²) in [4.78, 5) is 0. The van der Waals surface area contributed by atoms with Crippen LogP contribution in [0.4, 0.5) is 0 Å². The van der Waals surface area contributed by atoms with Gasteiger partial charge in [-0.3, -0.25) is 0 Å². The van der Waals surface area contributed by atoms with Crippen LogP contribution in [0.1, 0.15) is 0 Å². The topological polar surface area (TPSA) is 13.1 Å². The summed E-state index contributed by atoms with van der Waals surface area (Å²) in [5.41, 5.74) is 9.03. The lowest BCUT2D eigenvalue weighted by Gasteiger charge is -2.17. The molecule has 53 heavy (non-hydrogen) atoms. The largest absolute Gasteiger partial charge is 0.455 e. The van der Waals surface area contributed by atoms with Gasteiger partial charge in [-0.25, -0.2) is 0 Å². The van der Waals surface area contributed by atoms with E-state index in [1.807, 2.05) is 0 Å². The minimum Gasteiger partial charge on any atom is -0.455 e. The minimum absolute atomic E-state index is 0.900. The smallest absolute Gasteiger partial charge is 0.143 e. The molecule has 12 rings (SSSR count). The Labute approximate surface area is 305 Å². The van der Waals surface area contributed by atoms with Gasteiger partial charge in [-0.05, 0) is 117 Å². The number of rotatable bonds is 3. The Hall–Kier alpha value is -6.96. The second-order valence-corrected chi connectivity index (χ2v) is 14.4. The Morgan fingerprint density at radius 2 is 0.830 bits per heavy atom. The molecule has 0 bridgehead atoms. The van der Waals surface area contributed by atoms with Crippen molar-refractivity contribution in [1.82, 2.24) is 0 Å². The molecular weight excluding hydrogens is 641 g/mol. The van der Waals surface area contributed by atoms with Gasteiger partial charge in [0.25, 0.3) is 0 Å². The van der Waals surface area contributed by atoms with E-state index >= 15 is 0 Å². The second kappa shape index (κ2) is 10.8. The van der Waals surface area contributed by atoms with Crippen LogP contribution < -0.4 is 0 Å². The summed E-state index contributed by atoms with van der Waals surface area (Å²) in [5.74, 6) is 0. The summed E-state index contributed by atoms with van der Waals surface area (Å²) in [7, 11) is 0. The third-order valence-corrected chi connectivity index (χ3v) is 11.6. The molecule has 12 aromatic rings. The van der Waals surface area contributed by atoms with Gasteiger partial charge in [0.15, 0.2) is 0 Å². The molecule has 0 atom stereocenters. The molecule has 0 saturated heterocycles. The third-order valence-electron chi connectivity index (χ3n) is 11.6. The molecule has 1 nitrogen and oxygen atoms in total. The van der Waals surface area contributed by atoms with Crippen LogP contribution >= 0.6 is 0 Å². The summed E-state index contributed by atoms with van der Waals surface area (Å²) in [6.45, 7) is 0. The molecule has 0 aliphatic heterocycles. The highest BCUT2D eigenvalue weighted by molar-refractivity contribution is 6.28. The highest BCUT2D eigenvalue weighted by atomic mass is 16.3. The molecule has 0 fully saturated rings. The first-order chi connectivity index (χ1) is 26.3. The van der Waals surface area contributed by atoms with Gasteiger partial charge < -0.3 is 4.42 Å². The summed E-state index contributed by atoms with van der Waals surface area (Å²) in [6, 6.07) is 66.9. The highest BCUT2D eigenvalue weighted by Crippen LogP contribution is 2.47. The van der Waals surface area contributed by atoms with Crippen molar-refractivity contribution in [3.63, 3.8) is 0 Å². The van der Waals surface area contributed by atoms with Crippen LogP contribution in [0.25, 0.3) is 120 Å². The van der Waals surface area contributed by atoms with E-state index < -0.39 is 0 Å². The first kappa shape index (κ1) is 28.7. The molecule has 0 N–H and O–H groups in total. The van der Waals surface area contributed by atoms with Gasteiger partial charge in [-0.15, -0.1) is 0 Å². The van der Waals surface area contributed by atoms with E-state index in [1.54, 1.807) is 0 Å². The van der Waals surface area contributed by atoms with Crippen LogP contribution in [-0.2, 0) is 0 Å². The predicted molar refractivity (Wildman–Crippen MR) is 226 cm³/mol. The van der Waals surface area contributed by atoms with Crippen molar-refractivity contribution in [1.29, 1.82) is 0 Å². The van der Waals surface area contributed by atoms with E-state index in [-0.39, 0.29) is 0 Å². The Kier molecular flexibility index (Phi) is 5.84. The zero-order valence-corrected chi connectivity index (χ0v) is 28.7. The van der Waals surface area contributed by atoms with Gasteiger partial charge in [0.05, 0.1) is 0 Å². The van der Waals surface area contributed by atoms with E-state index in [2.05, 4.69) is 182 Å². The Morgan fingerprint density at radius 3 is 1.64 bits per heavy atom. The third kappa shape index (κ3) is 4.14. The maximum absolute atomic E-state index is 6.96. The molecule has 11 aromatic carbocycles. The standard InChI is InChI=1S/C52H30O/c1-2-10-36-28-37(19-16-31(36)8-1)39-26-27-40(43-15-6-5-14-42(39)43)38-29-47(51-46-25-20-32-9-3-4-13-41(32)52(46)53-48(51)30-38)44-23-21-35-18-17-33-11-7-12-34-22-24-45(44)50(35)49(33)34/h1-30H. The van der Waals surface area contributed by atoms with Gasteiger partial charge in [0.1, 0.15) is 11.2 Å². The van der Waals surface area contributed by atoms with Gasteiger partial charge >= 0.3 is 0 Å². The number of fused-ring (bicyclic) bond motifs is 7. The summed E-state index contributed by atoms with van der Waals surface area (Å²) in [6.07, 6.45) is 0. The van der Waals surface area contributed by atoms with Crippen molar-refractivity contribution in [2.75, 3.05) is 0 Å². The monoisotopic (exact) mass is 670 g/mol. The molecule has 0 radical (unpaired) electrons. The summed E-state index contributed by atoms with van der Waals surface area (Å²) < 4.78 is 6.96. The maximum Gasteiger partial charge on any atom is 0.143 e. The highest BCUT2D eigenvalue weighted by Gasteiger charge is 2.21. The van der Waals surface area contributed by atoms with Crippen LogP contribution in [0.3, 0.4) is 0 Å². The van der Waals surface area contributed by atoms with Crippen molar-refractivity contribution in [2.45, 2.75) is 0 Å². The lowest BCUT2D eigenvalue weighted by molar-refractivity contribution is 0.673. The first-order valence-corrected chi connectivity index (χ1v) is 18.3. The van der Waals surface area contributed by atoms with E-state index in [1.165, 1.54) is 87.1 Å². The molecule has 0 aliphatic carbocycles. The number of hydrogen-bond acceptors (Lipinski definition) is 1.